The monoisotopic (exact) mass is 504 g/mol. The van der Waals surface area contributed by atoms with Gasteiger partial charge in [-0.3, -0.25) is 4.79 Å². The van der Waals surface area contributed by atoms with E-state index in [1.165, 1.54) is 23.1 Å². The fourth-order valence-electron chi connectivity index (χ4n) is 3.11. The summed E-state index contributed by atoms with van der Waals surface area (Å²) >= 11 is 8.61. The average molecular weight is 505 g/mol. The third-order valence-electron chi connectivity index (χ3n) is 4.83. The number of carbonyl (C=O) groups is 2. The normalized spacial score (nSPS) is 10.8. The first-order valence-corrected chi connectivity index (χ1v) is 12.5. The molecular weight excluding hydrogens is 480 g/mol. The Morgan fingerprint density at radius 3 is 2.67 bits per heavy atom. The number of nitrogens with zero attached hydrogens (tertiary/aromatic N) is 3. The van der Waals surface area contributed by atoms with Crippen LogP contribution in [0.3, 0.4) is 0 Å². The van der Waals surface area contributed by atoms with E-state index >= 15 is 0 Å². The second-order valence-corrected chi connectivity index (χ2v) is 9.75. The lowest BCUT2D eigenvalue weighted by atomic mass is 10.1. The van der Waals surface area contributed by atoms with Crippen molar-refractivity contribution >= 4 is 51.6 Å². The first-order chi connectivity index (χ1) is 15.8. The lowest BCUT2D eigenvalue weighted by molar-refractivity contribution is -0.113. The first-order valence-electron chi connectivity index (χ1n) is 10.3. The molecule has 3 rings (SSSR count). The van der Waals surface area contributed by atoms with Gasteiger partial charge in [-0.25, -0.2) is 4.79 Å². The summed E-state index contributed by atoms with van der Waals surface area (Å²) in [7, 11) is 0. The molecule has 0 aliphatic carbocycles. The van der Waals surface area contributed by atoms with Gasteiger partial charge in [0.1, 0.15) is 10.8 Å². The van der Waals surface area contributed by atoms with Crippen LogP contribution in [0.5, 0.6) is 0 Å². The van der Waals surface area contributed by atoms with Crippen molar-refractivity contribution in [2.24, 2.45) is 0 Å². The first kappa shape index (κ1) is 25.0. The van der Waals surface area contributed by atoms with Crippen LogP contribution in [-0.4, -0.2) is 39.0 Å². The maximum Gasteiger partial charge on any atom is 0.341 e. The third-order valence-corrected chi connectivity index (χ3v) is 7.17. The number of hydrogen-bond acceptors (Lipinski definition) is 7. The molecule has 0 bridgehead atoms. The largest absolute Gasteiger partial charge is 0.462 e. The Kier molecular flexibility index (Phi) is 8.71. The van der Waals surface area contributed by atoms with Crippen LogP contribution >= 0.6 is 34.7 Å². The van der Waals surface area contributed by atoms with Crippen molar-refractivity contribution in [1.29, 1.82) is 0 Å². The smallest absolute Gasteiger partial charge is 0.341 e. The molecule has 0 spiro atoms. The van der Waals surface area contributed by atoms with Crippen LogP contribution in [0.25, 0.3) is 0 Å². The Labute approximate surface area is 206 Å². The molecule has 0 saturated carbocycles. The predicted octanol–water partition coefficient (Wildman–Crippen LogP) is 5.29. The lowest BCUT2D eigenvalue weighted by Gasteiger charge is -2.09. The molecule has 0 radical (unpaired) electrons. The quantitative estimate of drug-likeness (QED) is 0.229. The zero-order chi connectivity index (χ0) is 24.0. The second-order valence-electron chi connectivity index (χ2n) is 7.15. The molecule has 0 aliphatic heterocycles. The van der Waals surface area contributed by atoms with Gasteiger partial charge in [0.15, 0.2) is 5.16 Å². The van der Waals surface area contributed by atoms with E-state index < -0.39 is 5.97 Å². The molecule has 1 amide bonds. The summed E-state index contributed by atoms with van der Waals surface area (Å²) in [4.78, 5) is 26.0. The van der Waals surface area contributed by atoms with Crippen molar-refractivity contribution in [1.82, 2.24) is 14.8 Å². The predicted molar refractivity (Wildman–Crippen MR) is 134 cm³/mol. The van der Waals surface area contributed by atoms with Crippen LogP contribution in [0.15, 0.2) is 42.1 Å². The fourth-order valence-corrected chi connectivity index (χ4v) is 5.07. The van der Waals surface area contributed by atoms with Crippen molar-refractivity contribution in [3.63, 3.8) is 0 Å². The van der Waals surface area contributed by atoms with Crippen LogP contribution in [0.2, 0.25) is 5.02 Å². The number of aryl methyl sites for hydroxylation is 1. The molecular formula is C23H25ClN4O3S2. The Balaban J connectivity index is 1.70. The van der Waals surface area contributed by atoms with Crippen LogP contribution in [0.1, 0.15) is 39.1 Å². The number of hydrogen-bond donors (Lipinski definition) is 1. The van der Waals surface area contributed by atoms with Gasteiger partial charge < -0.3 is 14.6 Å². The summed E-state index contributed by atoms with van der Waals surface area (Å²) in [5.74, 6) is 0.224. The molecule has 0 saturated heterocycles. The van der Waals surface area contributed by atoms with Gasteiger partial charge in [0.25, 0.3) is 0 Å². The number of ether oxygens (including phenoxy) is 1. The number of benzene rings is 1. The molecule has 1 N–H and O–H groups in total. The highest BCUT2D eigenvalue weighted by Gasteiger charge is 2.22. The van der Waals surface area contributed by atoms with Gasteiger partial charge in [-0.1, -0.05) is 41.6 Å². The van der Waals surface area contributed by atoms with Crippen molar-refractivity contribution in [2.45, 2.75) is 38.9 Å². The summed E-state index contributed by atoms with van der Waals surface area (Å²) in [6, 6.07) is 7.57. The maximum atomic E-state index is 12.7. The van der Waals surface area contributed by atoms with E-state index in [-0.39, 0.29) is 18.3 Å². The Morgan fingerprint density at radius 1 is 1.27 bits per heavy atom. The van der Waals surface area contributed by atoms with Crippen molar-refractivity contribution in [3.05, 3.63) is 69.3 Å². The molecule has 174 valence electrons. The average Bonchev–Trinajstić information content (AvgIpc) is 3.28. The summed E-state index contributed by atoms with van der Waals surface area (Å²) < 4.78 is 7.08. The number of thiophene rings is 1. The number of nitrogens with one attached hydrogen (secondary N) is 1. The minimum absolute atomic E-state index is 0.120. The van der Waals surface area contributed by atoms with Gasteiger partial charge in [0.05, 0.1) is 17.9 Å². The summed E-state index contributed by atoms with van der Waals surface area (Å²) in [5.41, 5.74) is 2.29. The second kappa shape index (κ2) is 11.5. The molecule has 2 heterocycles. The number of aromatic nitrogens is 3. The number of carbonyl (C=O) groups excluding carboxylic acids is 2. The van der Waals surface area contributed by atoms with Gasteiger partial charge in [-0.15, -0.1) is 28.1 Å². The fraction of sp³-hybridized carbons (Fsp3) is 0.304. The Hall–Kier alpha value is -2.62. The molecule has 3 aromatic rings. The summed E-state index contributed by atoms with van der Waals surface area (Å²) in [6.45, 7) is 10.1. The van der Waals surface area contributed by atoms with Crippen molar-refractivity contribution in [3.8, 4) is 0 Å². The standard InChI is InChI=1S/C23H25ClN4O3S2/c1-5-11-28-18(12-16-7-9-17(24)10-8-16)26-27-23(28)32-13-19(29)25-21-20(22(30)31-6-2)14(3)15(4)33-21/h5,7-10H,1,6,11-13H2,2-4H3,(H,25,29). The number of esters is 1. The van der Waals surface area contributed by atoms with Gasteiger partial charge in [0, 0.05) is 22.9 Å². The minimum atomic E-state index is -0.431. The molecule has 0 fully saturated rings. The van der Waals surface area contributed by atoms with E-state index in [1.54, 1.807) is 13.0 Å². The highest BCUT2D eigenvalue weighted by molar-refractivity contribution is 7.99. The summed E-state index contributed by atoms with van der Waals surface area (Å²) in [5, 5.41) is 13.2. The number of thioether (sulfide) groups is 1. The molecule has 33 heavy (non-hydrogen) atoms. The molecule has 0 atom stereocenters. The zero-order valence-electron chi connectivity index (χ0n) is 18.7. The van der Waals surface area contributed by atoms with Crippen LogP contribution < -0.4 is 5.32 Å². The number of rotatable bonds is 10. The van der Waals surface area contributed by atoms with Gasteiger partial charge >= 0.3 is 5.97 Å². The van der Waals surface area contributed by atoms with Crippen molar-refractivity contribution < 1.29 is 14.3 Å². The molecule has 0 unspecified atom stereocenters. The SMILES string of the molecule is C=CCn1c(Cc2ccc(Cl)cc2)nnc1SCC(=O)Nc1sc(C)c(C)c1C(=O)OCC. The van der Waals surface area contributed by atoms with E-state index in [4.69, 9.17) is 16.3 Å². The molecule has 2 aromatic heterocycles. The highest BCUT2D eigenvalue weighted by Crippen LogP contribution is 2.33. The minimum Gasteiger partial charge on any atom is -0.462 e. The Morgan fingerprint density at radius 2 is 2.00 bits per heavy atom. The number of halogens is 1. The maximum absolute atomic E-state index is 12.7. The molecule has 7 nitrogen and oxygen atoms in total. The van der Waals surface area contributed by atoms with E-state index in [0.29, 0.717) is 33.7 Å². The lowest BCUT2D eigenvalue weighted by Crippen LogP contribution is -2.17. The van der Waals surface area contributed by atoms with Gasteiger partial charge in [-0.05, 0) is 44.0 Å². The molecule has 10 heteroatoms. The van der Waals surface area contributed by atoms with Crippen molar-refractivity contribution in [2.75, 3.05) is 17.7 Å². The van der Waals surface area contributed by atoms with Gasteiger partial charge in [-0.2, -0.15) is 0 Å². The van der Waals surface area contributed by atoms with Crippen LogP contribution in [0, 0.1) is 13.8 Å². The zero-order valence-corrected chi connectivity index (χ0v) is 21.1. The van der Waals surface area contributed by atoms with Crippen LogP contribution in [0.4, 0.5) is 5.00 Å². The highest BCUT2D eigenvalue weighted by atomic mass is 35.5. The number of anilines is 1. The molecule has 0 aliphatic rings. The number of amides is 1. The van der Waals surface area contributed by atoms with Gasteiger partial charge in [0.2, 0.25) is 5.91 Å². The molecule has 1 aromatic carbocycles. The van der Waals surface area contributed by atoms with E-state index in [1.807, 2.05) is 42.7 Å². The van der Waals surface area contributed by atoms with Crippen LogP contribution in [-0.2, 0) is 22.5 Å². The third kappa shape index (κ3) is 6.25. The van der Waals surface area contributed by atoms with E-state index in [0.717, 1.165) is 21.8 Å². The van der Waals surface area contributed by atoms with E-state index in [9.17, 15) is 9.59 Å². The summed E-state index contributed by atoms with van der Waals surface area (Å²) in [6.07, 6.45) is 2.35. The van der Waals surface area contributed by atoms with E-state index in [2.05, 4.69) is 22.1 Å². The topological polar surface area (TPSA) is 86.1 Å². The Bertz CT molecular complexity index is 1160. The number of allylic oxidation sites excluding steroid dienone is 1.